The highest BCUT2D eigenvalue weighted by Crippen LogP contribution is 2.36. The number of carbonyl (C=O) groups excluding carboxylic acids is 1. The van der Waals surface area contributed by atoms with E-state index in [0.29, 0.717) is 11.3 Å². The molecule has 1 aliphatic rings. The fraction of sp³-hybridized carbons (Fsp3) is 0.0588. The van der Waals surface area contributed by atoms with Crippen LogP contribution in [0.3, 0.4) is 0 Å². The number of rotatable bonds is 3. The number of hydrogen-bond donors (Lipinski definition) is 2. The molecule has 0 fully saturated rings. The van der Waals surface area contributed by atoms with E-state index in [0.717, 1.165) is 0 Å². The van der Waals surface area contributed by atoms with Gasteiger partial charge in [-0.3, -0.25) is 14.9 Å². The van der Waals surface area contributed by atoms with E-state index in [-0.39, 0.29) is 16.3 Å². The van der Waals surface area contributed by atoms with Gasteiger partial charge < -0.3 is 10.2 Å². The smallest absolute Gasteiger partial charge is 0.269 e. The molecule has 2 aromatic rings. The average Bonchev–Trinajstić information content (AvgIpc) is 2.63. The molecule has 1 unspecified atom stereocenters. The van der Waals surface area contributed by atoms with Crippen molar-refractivity contribution in [1.29, 1.82) is 5.26 Å². The molecule has 0 bridgehead atoms. The van der Waals surface area contributed by atoms with Gasteiger partial charge in [0.25, 0.3) is 11.6 Å². The number of anilines is 1. The number of carbonyl (C=O) groups is 1. The molecule has 1 amide bonds. The third-order valence-corrected chi connectivity index (χ3v) is 4.26. The van der Waals surface area contributed by atoms with Gasteiger partial charge in [0.15, 0.2) is 0 Å². The number of halogens is 1. The standard InChI is InChI=1S/C17H11FN4O3S/c18-11-4-6-12(7-5-11)21-15(20-16(23)14(9-19)17(21)26)10-2-1-3-13(8-10)22(24)25/h1-8,15,26H,(H,20,23). The Morgan fingerprint density at radius 2 is 1.96 bits per heavy atom. The zero-order valence-electron chi connectivity index (χ0n) is 13.1. The number of nitro benzene ring substituents is 1. The van der Waals surface area contributed by atoms with Crippen LogP contribution in [0.15, 0.2) is 59.1 Å². The van der Waals surface area contributed by atoms with Crippen molar-refractivity contribution in [3.8, 4) is 6.07 Å². The second kappa shape index (κ2) is 6.85. The van der Waals surface area contributed by atoms with Gasteiger partial charge >= 0.3 is 0 Å². The maximum absolute atomic E-state index is 13.3. The fourth-order valence-electron chi connectivity index (χ4n) is 2.62. The number of benzene rings is 2. The van der Waals surface area contributed by atoms with Crippen molar-refractivity contribution in [2.45, 2.75) is 6.17 Å². The number of hydrogen-bond acceptors (Lipinski definition) is 6. The van der Waals surface area contributed by atoms with E-state index in [1.165, 1.54) is 47.4 Å². The van der Waals surface area contributed by atoms with E-state index >= 15 is 0 Å². The van der Waals surface area contributed by atoms with Crippen molar-refractivity contribution in [3.63, 3.8) is 0 Å². The minimum atomic E-state index is -0.850. The number of nitro groups is 1. The van der Waals surface area contributed by atoms with Crippen LogP contribution in [0.25, 0.3) is 0 Å². The lowest BCUT2D eigenvalue weighted by molar-refractivity contribution is -0.384. The summed E-state index contributed by atoms with van der Waals surface area (Å²) in [4.78, 5) is 24.2. The van der Waals surface area contributed by atoms with Crippen LogP contribution in [0.4, 0.5) is 15.8 Å². The average molecular weight is 370 g/mol. The minimum absolute atomic E-state index is 0.0689. The van der Waals surface area contributed by atoms with Crippen molar-refractivity contribution in [3.05, 3.63) is 80.6 Å². The minimum Gasteiger partial charge on any atom is -0.327 e. The summed E-state index contributed by atoms with van der Waals surface area (Å²) in [5.74, 6) is -1.10. The lowest BCUT2D eigenvalue weighted by Crippen LogP contribution is -2.46. The van der Waals surface area contributed by atoms with Gasteiger partial charge in [-0.05, 0) is 24.3 Å². The molecule has 1 N–H and O–H groups in total. The van der Waals surface area contributed by atoms with Crippen molar-refractivity contribution < 1.29 is 14.1 Å². The molecule has 2 aromatic carbocycles. The zero-order chi connectivity index (χ0) is 18.8. The number of nitrogens with one attached hydrogen (secondary N) is 1. The summed E-state index contributed by atoms with van der Waals surface area (Å²) in [5.41, 5.74) is 0.520. The summed E-state index contributed by atoms with van der Waals surface area (Å²) < 4.78 is 13.3. The first-order valence-electron chi connectivity index (χ1n) is 7.35. The molecule has 7 nitrogen and oxygen atoms in total. The Labute approximate surface area is 152 Å². The van der Waals surface area contributed by atoms with Crippen LogP contribution in [-0.4, -0.2) is 10.8 Å². The van der Waals surface area contributed by atoms with Crippen LogP contribution in [0.1, 0.15) is 11.7 Å². The van der Waals surface area contributed by atoms with E-state index < -0.39 is 22.8 Å². The molecule has 3 rings (SSSR count). The normalized spacial score (nSPS) is 16.9. The van der Waals surface area contributed by atoms with Gasteiger partial charge in [0.2, 0.25) is 0 Å². The van der Waals surface area contributed by atoms with Crippen molar-refractivity contribution >= 4 is 29.9 Å². The monoisotopic (exact) mass is 370 g/mol. The molecular formula is C17H11FN4O3S. The molecule has 0 spiro atoms. The molecule has 0 saturated heterocycles. The second-order valence-corrected chi connectivity index (χ2v) is 5.81. The molecule has 130 valence electrons. The first kappa shape index (κ1) is 17.4. The van der Waals surface area contributed by atoms with E-state index in [4.69, 9.17) is 0 Å². The maximum Gasteiger partial charge on any atom is 0.269 e. The van der Waals surface area contributed by atoms with Crippen LogP contribution < -0.4 is 10.2 Å². The van der Waals surface area contributed by atoms with Gasteiger partial charge in [-0.1, -0.05) is 12.1 Å². The van der Waals surface area contributed by atoms with Crippen LogP contribution in [0, 0.1) is 27.3 Å². The van der Waals surface area contributed by atoms with E-state index in [1.54, 1.807) is 12.1 Å². The quantitative estimate of drug-likeness (QED) is 0.491. The Morgan fingerprint density at radius 1 is 1.27 bits per heavy atom. The fourth-order valence-corrected chi connectivity index (χ4v) is 3.00. The molecule has 1 heterocycles. The lowest BCUT2D eigenvalue weighted by atomic mass is 10.1. The summed E-state index contributed by atoms with van der Waals surface area (Å²) >= 11 is 4.30. The summed E-state index contributed by atoms with van der Waals surface area (Å²) in [7, 11) is 0. The molecule has 26 heavy (non-hydrogen) atoms. The van der Waals surface area contributed by atoms with Crippen molar-refractivity contribution in [2.24, 2.45) is 0 Å². The third-order valence-electron chi connectivity index (χ3n) is 3.82. The van der Waals surface area contributed by atoms with Crippen molar-refractivity contribution in [2.75, 3.05) is 4.90 Å². The zero-order valence-corrected chi connectivity index (χ0v) is 14.0. The number of non-ortho nitro benzene ring substituents is 1. The van der Waals surface area contributed by atoms with Crippen LogP contribution in [0.5, 0.6) is 0 Å². The van der Waals surface area contributed by atoms with Gasteiger partial charge in [0.05, 0.1) is 9.95 Å². The van der Waals surface area contributed by atoms with Gasteiger partial charge in [-0.15, -0.1) is 12.6 Å². The largest absolute Gasteiger partial charge is 0.327 e. The number of thiol groups is 1. The molecule has 9 heteroatoms. The maximum atomic E-state index is 13.3. The lowest BCUT2D eigenvalue weighted by Gasteiger charge is -2.37. The topological polar surface area (TPSA) is 99.3 Å². The number of amides is 1. The van der Waals surface area contributed by atoms with Crippen LogP contribution >= 0.6 is 12.6 Å². The van der Waals surface area contributed by atoms with Gasteiger partial charge in [0, 0.05) is 23.4 Å². The molecule has 1 aliphatic heterocycles. The molecule has 0 aliphatic carbocycles. The molecule has 0 aromatic heterocycles. The summed E-state index contributed by atoms with van der Waals surface area (Å²) in [6, 6.07) is 12.9. The van der Waals surface area contributed by atoms with E-state index in [2.05, 4.69) is 17.9 Å². The Hall–Kier alpha value is -3.38. The first-order valence-corrected chi connectivity index (χ1v) is 7.80. The van der Waals surface area contributed by atoms with Gasteiger partial charge in [-0.25, -0.2) is 4.39 Å². The van der Waals surface area contributed by atoms with Crippen LogP contribution in [0.2, 0.25) is 0 Å². The predicted octanol–water partition coefficient (Wildman–Crippen LogP) is 3.03. The van der Waals surface area contributed by atoms with Crippen molar-refractivity contribution in [1.82, 2.24) is 5.32 Å². The highest BCUT2D eigenvalue weighted by molar-refractivity contribution is 7.84. The Kier molecular flexibility index (Phi) is 4.60. The summed E-state index contributed by atoms with van der Waals surface area (Å²) in [6.07, 6.45) is -0.850. The number of nitrogens with zero attached hydrogens (tertiary/aromatic N) is 3. The van der Waals surface area contributed by atoms with E-state index in [1.807, 2.05) is 0 Å². The summed E-state index contributed by atoms with van der Waals surface area (Å²) in [6.45, 7) is 0. The summed E-state index contributed by atoms with van der Waals surface area (Å²) in [5, 5.41) is 23.0. The van der Waals surface area contributed by atoms with Crippen LogP contribution in [-0.2, 0) is 4.79 Å². The Morgan fingerprint density at radius 3 is 2.58 bits per heavy atom. The van der Waals surface area contributed by atoms with Gasteiger partial charge in [0.1, 0.15) is 23.6 Å². The Balaban J connectivity index is 2.16. The first-order chi connectivity index (χ1) is 12.4. The predicted molar refractivity (Wildman–Crippen MR) is 94.5 cm³/mol. The highest BCUT2D eigenvalue weighted by atomic mass is 32.1. The Bertz CT molecular complexity index is 969. The van der Waals surface area contributed by atoms with E-state index in [9.17, 15) is 24.6 Å². The highest BCUT2D eigenvalue weighted by Gasteiger charge is 2.34. The molecule has 1 atom stereocenters. The molecular weight excluding hydrogens is 359 g/mol. The second-order valence-electron chi connectivity index (χ2n) is 5.38. The van der Waals surface area contributed by atoms with Gasteiger partial charge in [-0.2, -0.15) is 5.26 Å². The molecule has 0 saturated carbocycles. The number of nitriles is 1. The molecule has 0 radical (unpaired) electrons. The SMILES string of the molecule is N#CC1=C(S)N(c2ccc(F)cc2)C(c2cccc([N+](=O)[O-])c2)NC1=O. The third kappa shape index (κ3) is 3.10.